The van der Waals surface area contributed by atoms with E-state index in [1.165, 1.54) is 0 Å². The van der Waals surface area contributed by atoms with E-state index in [1.807, 2.05) is 67.6 Å². The van der Waals surface area contributed by atoms with Gasteiger partial charge in [-0.2, -0.15) is 0 Å². The van der Waals surface area contributed by atoms with E-state index in [0.29, 0.717) is 28.6 Å². The van der Waals surface area contributed by atoms with Crippen LogP contribution in [0.2, 0.25) is 0 Å². The van der Waals surface area contributed by atoms with E-state index in [4.69, 9.17) is 9.47 Å². The summed E-state index contributed by atoms with van der Waals surface area (Å²) in [6.07, 6.45) is 0.134. The average molecular weight is 431 g/mol. The van der Waals surface area contributed by atoms with Gasteiger partial charge < -0.3 is 19.7 Å². The van der Waals surface area contributed by atoms with E-state index in [0.717, 1.165) is 5.56 Å². The molecule has 164 valence electrons. The van der Waals surface area contributed by atoms with Crippen LogP contribution in [0.4, 0.5) is 11.4 Å². The molecule has 0 saturated heterocycles. The van der Waals surface area contributed by atoms with Crippen molar-refractivity contribution in [2.75, 3.05) is 16.8 Å². The lowest BCUT2D eigenvalue weighted by molar-refractivity contribution is -0.132. The Hall–Kier alpha value is -3.80. The van der Waals surface area contributed by atoms with Crippen molar-refractivity contribution < 1.29 is 19.1 Å². The number of aryl methyl sites for hydroxylation is 1. The lowest BCUT2D eigenvalue weighted by Gasteiger charge is -2.38. The zero-order valence-electron chi connectivity index (χ0n) is 18.4. The summed E-state index contributed by atoms with van der Waals surface area (Å²) < 4.78 is 11.8. The van der Waals surface area contributed by atoms with Gasteiger partial charge in [0.15, 0.2) is 11.4 Å². The Kier molecular flexibility index (Phi) is 5.86. The summed E-state index contributed by atoms with van der Waals surface area (Å²) in [6, 6.07) is 22.4. The zero-order chi connectivity index (χ0) is 22.7. The van der Waals surface area contributed by atoms with Crippen LogP contribution in [0.15, 0.2) is 72.8 Å². The Morgan fingerprint density at radius 3 is 2.53 bits per heavy atom. The molecule has 32 heavy (non-hydrogen) atoms. The van der Waals surface area contributed by atoms with Crippen molar-refractivity contribution in [1.82, 2.24) is 0 Å². The largest absolute Gasteiger partial charge is 0.476 e. The van der Waals surface area contributed by atoms with Gasteiger partial charge in [-0.3, -0.25) is 9.59 Å². The summed E-state index contributed by atoms with van der Waals surface area (Å²) in [5.41, 5.74) is 1.29. The van der Waals surface area contributed by atoms with Crippen LogP contribution in [0.25, 0.3) is 0 Å². The predicted molar refractivity (Wildman–Crippen MR) is 124 cm³/mol. The fourth-order valence-corrected chi connectivity index (χ4v) is 3.60. The third-order valence-corrected chi connectivity index (χ3v) is 5.23. The molecule has 0 unspecified atom stereocenters. The smallest absolute Gasteiger partial charge is 0.270 e. The molecule has 0 aliphatic carbocycles. The summed E-state index contributed by atoms with van der Waals surface area (Å²) in [5, 5.41) is 2.91. The molecule has 6 heteroatoms. The number of fused-ring (bicyclic) bond motifs is 1. The van der Waals surface area contributed by atoms with Crippen LogP contribution in [0, 0.1) is 6.92 Å². The Morgan fingerprint density at radius 2 is 1.75 bits per heavy atom. The Morgan fingerprint density at radius 1 is 1.03 bits per heavy atom. The first-order chi connectivity index (χ1) is 15.3. The van der Waals surface area contributed by atoms with Crippen LogP contribution in [0.3, 0.4) is 0 Å². The fourth-order valence-electron chi connectivity index (χ4n) is 3.60. The van der Waals surface area contributed by atoms with E-state index in [9.17, 15) is 9.59 Å². The average Bonchev–Trinajstić information content (AvgIpc) is 2.77. The monoisotopic (exact) mass is 430 g/mol. The lowest BCUT2D eigenvalue weighted by atomic mass is 10.0. The Bertz CT molecular complexity index is 1140. The predicted octanol–water partition coefficient (Wildman–Crippen LogP) is 5.32. The number of carbonyl (C=O) groups is 2. The number of amides is 2. The van der Waals surface area contributed by atoms with E-state index in [-0.39, 0.29) is 24.8 Å². The van der Waals surface area contributed by atoms with E-state index >= 15 is 0 Å². The molecule has 1 heterocycles. The summed E-state index contributed by atoms with van der Waals surface area (Å²) in [7, 11) is 0. The van der Waals surface area contributed by atoms with Gasteiger partial charge in [-0.25, -0.2) is 0 Å². The first-order valence-electron chi connectivity index (χ1n) is 10.6. The molecule has 6 nitrogen and oxygen atoms in total. The number of hydrogen-bond acceptors (Lipinski definition) is 4. The second kappa shape index (κ2) is 8.75. The molecule has 0 spiro atoms. The molecule has 0 aromatic heterocycles. The molecule has 0 atom stereocenters. The van der Waals surface area contributed by atoms with Crippen LogP contribution < -0.4 is 19.7 Å². The van der Waals surface area contributed by atoms with E-state index in [2.05, 4.69) is 5.32 Å². The van der Waals surface area contributed by atoms with Crippen molar-refractivity contribution in [3.63, 3.8) is 0 Å². The molecule has 1 aliphatic rings. The highest BCUT2D eigenvalue weighted by Crippen LogP contribution is 2.38. The molecule has 0 bridgehead atoms. The third-order valence-electron chi connectivity index (χ3n) is 5.23. The van der Waals surface area contributed by atoms with Gasteiger partial charge in [-0.15, -0.1) is 0 Å². The third kappa shape index (κ3) is 4.59. The van der Waals surface area contributed by atoms with E-state index in [1.54, 1.807) is 30.9 Å². The van der Waals surface area contributed by atoms with Crippen molar-refractivity contribution in [2.45, 2.75) is 32.8 Å². The second-order valence-corrected chi connectivity index (χ2v) is 8.25. The minimum atomic E-state index is -0.991. The van der Waals surface area contributed by atoms with Crippen molar-refractivity contribution in [2.24, 2.45) is 0 Å². The summed E-state index contributed by atoms with van der Waals surface area (Å²) in [4.78, 5) is 27.4. The Labute approximate surface area is 187 Å². The van der Waals surface area contributed by atoms with Crippen molar-refractivity contribution in [1.29, 1.82) is 0 Å². The van der Waals surface area contributed by atoms with Crippen LogP contribution in [-0.4, -0.2) is 24.0 Å². The highest BCUT2D eigenvalue weighted by molar-refractivity contribution is 6.03. The quantitative estimate of drug-likeness (QED) is 0.575. The molecular weight excluding hydrogens is 404 g/mol. The topological polar surface area (TPSA) is 67.9 Å². The number of nitrogens with zero attached hydrogens (tertiary/aromatic N) is 1. The maximum absolute atomic E-state index is 13.0. The molecule has 1 N–H and O–H groups in total. The Balaban J connectivity index is 1.47. The SMILES string of the molecule is Cc1ccc2c(c1)N(CCC(=O)Nc1ccccc1Oc1ccccc1)C(=O)C(C)(C)O2. The van der Waals surface area contributed by atoms with Crippen LogP contribution in [0.1, 0.15) is 25.8 Å². The fraction of sp³-hybridized carbons (Fsp3) is 0.231. The summed E-state index contributed by atoms with van der Waals surface area (Å²) >= 11 is 0. The first-order valence-corrected chi connectivity index (χ1v) is 10.6. The van der Waals surface area contributed by atoms with Gasteiger partial charge in [-0.05, 0) is 62.7 Å². The number of rotatable bonds is 6. The molecule has 3 aromatic carbocycles. The van der Waals surface area contributed by atoms with Gasteiger partial charge >= 0.3 is 0 Å². The zero-order valence-corrected chi connectivity index (χ0v) is 18.4. The molecule has 0 saturated carbocycles. The molecule has 2 amide bonds. The maximum atomic E-state index is 13.0. The molecule has 1 aliphatic heterocycles. The first kappa shape index (κ1) is 21.4. The van der Waals surface area contributed by atoms with Crippen LogP contribution in [0.5, 0.6) is 17.2 Å². The number of anilines is 2. The van der Waals surface area contributed by atoms with Crippen LogP contribution >= 0.6 is 0 Å². The number of hydrogen-bond donors (Lipinski definition) is 1. The second-order valence-electron chi connectivity index (χ2n) is 8.25. The minimum absolute atomic E-state index is 0.134. The molecule has 3 aromatic rings. The number of para-hydroxylation sites is 3. The van der Waals surface area contributed by atoms with Gasteiger partial charge in [0.1, 0.15) is 11.5 Å². The number of ether oxygens (including phenoxy) is 2. The van der Waals surface area contributed by atoms with Gasteiger partial charge in [0.2, 0.25) is 5.91 Å². The van der Waals surface area contributed by atoms with Gasteiger partial charge in [0, 0.05) is 13.0 Å². The number of nitrogens with one attached hydrogen (secondary N) is 1. The molecule has 0 fully saturated rings. The molecule has 0 radical (unpaired) electrons. The highest BCUT2D eigenvalue weighted by Gasteiger charge is 2.40. The van der Waals surface area contributed by atoms with Gasteiger partial charge in [-0.1, -0.05) is 36.4 Å². The number of benzene rings is 3. The van der Waals surface area contributed by atoms with Crippen LogP contribution in [-0.2, 0) is 9.59 Å². The van der Waals surface area contributed by atoms with Crippen molar-refractivity contribution in [3.8, 4) is 17.2 Å². The standard InChI is InChI=1S/C26H26N2O4/c1-18-13-14-23-21(17-18)28(25(30)26(2,3)32-23)16-15-24(29)27-20-11-7-8-12-22(20)31-19-9-5-4-6-10-19/h4-14,17H,15-16H2,1-3H3,(H,27,29). The lowest BCUT2D eigenvalue weighted by Crippen LogP contribution is -2.53. The summed E-state index contributed by atoms with van der Waals surface area (Å²) in [6.45, 7) is 5.68. The van der Waals surface area contributed by atoms with Gasteiger partial charge in [0.05, 0.1) is 11.4 Å². The minimum Gasteiger partial charge on any atom is -0.476 e. The molecule has 4 rings (SSSR count). The van der Waals surface area contributed by atoms with Crippen molar-refractivity contribution in [3.05, 3.63) is 78.4 Å². The highest BCUT2D eigenvalue weighted by atomic mass is 16.5. The van der Waals surface area contributed by atoms with Gasteiger partial charge in [0.25, 0.3) is 5.91 Å². The maximum Gasteiger partial charge on any atom is 0.270 e. The number of carbonyl (C=O) groups excluding carboxylic acids is 2. The van der Waals surface area contributed by atoms with E-state index < -0.39 is 5.60 Å². The van der Waals surface area contributed by atoms with Crippen molar-refractivity contribution >= 4 is 23.2 Å². The molecular formula is C26H26N2O4. The normalized spacial score (nSPS) is 14.3. The summed E-state index contributed by atoms with van der Waals surface area (Å²) in [5.74, 6) is 1.50.